The van der Waals surface area contributed by atoms with Gasteiger partial charge in [-0.3, -0.25) is 9.59 Å². The van der Waals surface area contributed by atoms with Gasteiger partial charge in [-0.2, -0.15) is 0 Å². The molecule has 0 aromatic rings. The molecule has 23 heavy (non-hydrogen) atoms. The van der Waals surface area contributed by atoms with Crippen LogP contribution in [0.25, 0.3) is 0 Å². The standard InChI is InChI=1S/C16H29N3O3.ClH/c1-22-12-10-17-8-9-18-15(20)14-7-4-11-19(14)16(21)13-5-2-3-6-13;/h13-14,17H,2-12H2,1H3,(H,18,20);1H. The fraction of sp³-hybridized carbons (Fsp3) is 0.875. The molecule has 134 valence electrons. The van der Waals surface area contributed by atoms with Gasteiger partial charge in [0.2, 0.25) is 11.8 Å². The summed E-state index contributed by atoms with van der Waals surface area (Å²) in [6.07, 6.45) is 6.01. The summed E-state index contributed by atoms with van der Waals surface area (Å²) in [5.41, 5.74) is 0. The van der Waals surface area contributed by atoms with Gasteiger partial charge in [-0.25, -0.2) is 0 Å². The molecule has 0 radical (unpaired) electrons. The molecule has 1 aliphatic carbocycles. The summed E-state index contributed by atoms with van der Waals surface area (Å²) in [4.78, 5) is 26.7. The van der Waals surface area contributed by atoms with Crippen molar-refractivity contribution in [2.75, 3.05) is 39.9 Å². The lowest BCUT2D eigenvalue weighted by Crippen LogP contribution is -2.48. The Morgan fingerprint density at radius 3 is 2.52 bits per heavy atom. The fourth-order valence-electron chi connectivity index (χ4n) is 3.40. The van der Waals surface area contributed by atoms with E-state index < -0.39 is 0 Å². The van der Waals surface area contributed by atoms with Gasteiger partial charge in [0.05, 0.1) is 6.61 Å². The summed E-state index contributed by atoms with van der Waals surface area (Å²) >= 11 is 0. The van der Waals surface area contributed by atoms with Crippen LogP contribution in [0, 0.1) is 5.92 Å². The zero-order valence-electron chi connectivity index (χ0n) is 14.0. The second-order valence-corrected chi connectivity index (χ2v) is 6.20. The number of carbonyl (C=O) groups excluding carboxylic acids is 2. The molecule has 2 aliphatic rings. The van der Waals surface area contributed by atoms with E-state index in [0.29, 0.717) is 13.2 Å². The van der Waals surface area contributed by atoms with Gasteiger partial charge in [-0.1, -0.05) is 12.8 Å². The molecule has 1 atom stereocenters. The third-order valence-electron chi connectivity index (χ3n) is 4.63. The van der Waals surface area contributed by atoms with E-state index in [2.05, 4.69) is 10.6 Å². The van der Waals surface area contributed by atoms with Crippen LogP contribution in [0.15, 0.2) is 0 Å². The first-order valence-corrected chi connectivity index (χ1v) is 8.52. The Bertz CT molecular complexity index is 376. The van der Waals surface area contributed by atoms with Crippen LogP contribution in [0.3, 0.4) is 0 Å². The van der Waals surface area contributed by atoms with E-state index in [-0.39, 0.29) is 36.2 Å². The molecule has 6 nitrogen and oxygen atoms in total. The van der Waals surface area contributed by atoms with Gasteiger partial charge < -0.3 is 20.3 Å². The molecule has 2 N–H and O–H groups in total. The molecule has 2 rings (SSSR count). The van der Waals surface area contributed by atoms with Crippen LogP contribution in [0.2, 0.25) is 0 Å². The minimum absolute atomic E-state index is 0. The molecule has 0 aromatic heterocycles. The fourth-order valence-corrected chi connectivity index (χ4v) is 3.40. The van der Waals surface area contributed by atoms with E-state index in [4.69, 9.17) is 4.74 Å². The third-order valence-corrected chi connectivity index (χ3v) is 4.63. The Balaban J connectivity index is 0.00000264. The van der Waals surface area contributed by atoms with Gasteiger partial charge in [0.15, 0.2) is 0 Å². The Hall–Kier alpha value is -0.850. The molecule has 0 aromatic carbocycles. The number of rotatable bonds is 8. The Labute approximate surface area is 145 Å². The van der Waals surface area contributed by atoms with Crippen molar-refractivity contribution in [1.82, 2.24) is 15.5 Å². The molecule has 1 heterocycles. The first kappa shape index (κ1) is 20.2. The van der Waals surface area contributed by atoms with E-state index in [1.165, 1.54) is 0 Å². The zero-order valence-corrected chi connectivity index (χ0v) is 14.8. The zero-order chi connectivity index (χ0) is 15.8. The second-order valence-electron chi connectivity index (χ2n) is 6.20. The number of methoxy groups -OCH3 is 1. The van der Waals surface area contributed by atoms with E-state index in [1.54, 1.807) is 7.11 Å². The molecule has 0 bridgehead atoms. The first-order valence-electron chi connectivity index (χ1n) is 8.52. The summed E-state index contributed by atoms with van der Waals surface area (Å²) in [6, 6.07) is -0.257. The van der Waals surface area contributed by atoms with Crippen LogP contribution in [0.4, 0.5) is 0 Å². The minimum Gasteiger partial charge on any atom is -0.383 e. The maximum Gasteiger partial charge on any atom is 0.242 e. The number of carbonyl (C=O) groups is 2. The van der Waals surface area contributed by atoms with Gasteiger partial charge in [-0.05, 0) is 25.7 Å². The van der Waals surface area contributed by atoms with Gasteiger partial charge in [0, 0.05) is 39.2 Å². The molecule has 1 saturated heterocycles. The normalized spacial score (nSPS) is 21.3. The number of nitrogens with one attached hydrogen (secondary N) is 2. The first-order chi connectivity index (χ1) is 10.7. The van der Waals surface area contributed by atoms with Crippen molar-refractivity contribution in [3.05, 3.63) is 0 Å². The topological polar surface area (TPSA) is 70.7 Å². The molecular formula is C16H30ClN3O3. The van der Waals surface area contributed by atoms with Crippen LogP contribution in [-0.4, -0.2) is 62.7 Å². The van der Waals surface area contributed by atoms with E-state index in [0.717, 1.165) is 58.2 Å². The Kier molecular flexibility index (Phi) is 9.52. The second kappa shape index (κ2) is 10.8. The lowest BCUT2D eigenvalue weighted by molar-refractivity contribution is -0.141. The molecule has 7 heteroatoms. The number of likely N-dealkylation sites (tertiary alicyclic amines) is 1. The lowest BCUT2D eigenvalue weighted by atomic mass is 10.1. The smallest absolute Gasteiger partial charge is 0.242 e. The van der Waals surface area contributed by atoms with E-state index in [1.807, 2.05) is 4.90 Å². The van der Waals surface area contributed by atoms with Crippen LogP contribution < -0.4 is 10.6 Å². The van der Waals surface area contributed by atoms with Crippen molar-refractivity contribution in [3.63, 3.8) is 0 Å². The molecule has 1 unspecified atom stereocenters. The highest BCUT2D eigenvalue weighted by molar-refractivity contribution is 5.89. The minimum atomic E-state index is -0.257. The molecule has 0 spiro atoms. The molecule has 2 amide bonds. The van der Waals surface area contributed by atoms with Crippen molar-refractivity contribution < 1.29 is 14.3 Å². The van der Waals surface area contributed by atoms with Gasteiger partial charge in [0.1, 0.15) is 6.04 Å². The largest absolute Gasteiger partial charge is 0.383 e. The maximum absolute atomic E-state index is 12.5. The predicted molar refractivity (Wildman–Crippen MR) is 91.7 cm³/mol. The summed E-state index contributed by atoms with van der Waals surface area (Å²) in [5, 5.41) is 6.13. The van der Waals surface area contributed by atoms with Crippen molar-refractivity contribution in [2.45, 2.75) is 44.6 Å². The monoisotopic (exact) mass is 347 g/mol. The number of hydrogen-bond acceptors (Lipinski definition) is 4. The van der Waals surface area contributed by atoms with Crippen molar-refractivity contribution in [2.24, 2.45) is 5.92 Å². The lowest BCUT2D eigenvalue weighted by Gasteiger charge is -2.26. The molecule has 1 aliphatic heterocycles. The number of halogens is 1. The Morgan fingerprint density at radius 1 is 1.09 bits per heavy atom. The number of ether oxygens (including phenoxy) is 1. The highest BCUT2D eigenvalue weighted by atomic mass is 35.5. The summed E-state index contributed by atoms with van der Waals surface area (Å²) in [7, 11) is 1.67. The van der Waals surface area contributed by atoms with Crippen LogP contribution in [-0.2, 0) is 14.3 Å². The van der Waals surface area contributed by atoms with Crippen molar-refractivity contribution in [3.8, 4) is 0 Å². The van der Waals surface area contributed by atoms with Gasteiger partial charge >= 0.3 is 0 Å². The highest BCUT2D eigenvalue weighted by Gasteiger charge is 2.37. The average molecular weight is 348 g/mol. The number of hydrogen-bond donors (Lipinski definition) is 2. The summed E-state index contributed by atoms with van der Waals surface area (Å²) in [5.74, 6) is 0.356. The van der Waals surface area contributed by atoms with Gasteiger partial charge in [0.25, 0.3) is 0 Å². The van der Waals surface area contributed by atoms with Crippen LogP contribution in [0.5, 0.6) is 0 Å². The van der Waals surface area contributed by atoms with E-state index in [9.17, 15) is 9.59 Å². The molecular weight excluding hydrogens is 318 g/mol. The predicted octanol–water partition coefficient (Wildman–Crippen LogP) is 0.942. The van der Waals surface area contributed by atoms with Crippen LogP contribution in [0.1, 0.15) is 38.5 Å². The maximum atomic E-state index is 12.5. The van der Waals surface area contributed by atoms with E-state index >= 15 is 0 Å². The van der Waals surface area contributed by atoms with Crippen molar-refractivity contribution in [1.29, 1.82) is 0 Å². The SMILES string of the molecule is COCCNCCNC(=O)C1CCCN1C(=O)C1CCCC1.Cl. The molecule has 1 saturated carbocycles. The summed E-state index contributed by atoms with van der Waals surface area (Å²) < 4.78 is 4.95. The average Bonchev–Trinajstić information content (AvgIpc) is 3.21. The quantitative estimate of drug-likeness (QED) is 0.641. The van der Waals surface area contributed by atoms with Crippen LogP contribution >= 0.6 is 12.4 Å². The number of amides is 2. The summed E-state index contributed by atoms with van der Waals surface area (Å²) in [6.45, 7) is 3.49. The van der Waals surface area contributed by atoms with Crippen molar-refractivity contribution >= 4 is 24.2 Å². The molecule has 2 fully saturated rings. The van der Waals surface area contributed by atoms with Gasteiger partial charge in [-0.15, -0.1) is 12.4 Å². The third kappa shape index (κ3) is 5.94. The Morgan fingerprint density at radius 2 is 1.83 bits per heavy atom. The highest BCUT2D eigenvalue weighted by Crippen LogP contribution is 2.29. The number of nitrogens with zero attached hydrogens (tertiary/aromatic N) is 1.